The van der Waals surface area contributed by atoms with Crippen molar-refractivity contribution in [3.05, 3.63) is 0 Å². The van der Waals surface area contributed by atoms with Gasteiger partial charge in [0.1, 0.15) is 0 Å². The molecule has 78 valence electrons. The predicted octanol–water partition coefficient (Wildman–Crippen LogP) is 2.70. The first-order valence-corrected chi connectivity index (χ1v) is 5.37. The second kappa shape index (κ2) is 8.24. The number of rotatable bonds is 7. The molecule has 2 nitrogen and oxygen atoms in total. The van der Waals surface area contributed by atoms with Gasteiger partial charge in [-0.3, -0.25) is 10.3 Å². The maximum atomic E-state index is 4.33. The summed E-state index contributed by atoms with van der Waals surface area (Å²) in [5.41, 5.74) is 0. The normalized spacial score (nSPS) is 14.2. The van der Waals surface area contributed by atoms with Gasteiger partial charge in [0.2, 0.25) is 0 Å². The van der Waals surface area contributed by atoms with Gasteiger partial charge in [-0.2, -0.15) is 0 Å². The molecule has 0 aliphatic carbocycles. The lowest BCUT2D eigenvalue weighted by molar-refractivity contribution is 0.560. The number of aliphatic imine (C=N–C) groups is 1. The van der Waals surface area contributed by atoms with Gasteiger partial charge < -0.3 is 0 Å². The summed E-state index contributed by atoms with van der Waals surface area (Å²) in [7, 11) is 0. The van der Waals surface area contributed by atoms with E-state index >= 15 is 0 Å². The molecular weight excluding hydrogens is 160 g/mol. The monoisotopic (exact) mass is 184 g/mol. The third kappa shape index (κ3) is 9.54. The third-order valence-electron chi connectivity index (χ3n) is 1.86. The molecule has 0 spiro atoms. The predicted molar refractivity (Wildman–Crippen MR) is 60.3 cm³/mol. The zero-order valence-electron chi connectivity index (χ0n) is 9.51. The van der Waals surface area contributed by atoms with Crippen molar-refractivity contribution in [2.75, 3.05) is 13.2 Å². The SMILES string of the molecule is CCCC(C)C=NCNCC(C)C. The summed E-state index contributed by atoms with van der Waals surface area (Å²) < 4.78 is 0. The van der Waals surface area contributed by atoms with Gasteiger partial charge in [0.05, 0.1) is 6.67 Å². The first kappa shape index (κ1) is 12.6. The van der Waals surface area contributed by atoms with Crippen LogP contribution in [-0.4, -0.2) is 19.4 Å². The fraction of sp³-hybridized carbons (Fsp3) is 0.909. The van der Waals surface area contributed by atoms with Crippen LogP contribution in [-0.2, 0) is 0 Å². The van der Waals surface area contributed by atoms with E-state index in [1.54, 1.807) is 0 Å². The quantitative estimate of drug-likeness (QED) is 0.477. The Morgan fingerprint density at radius 3 is 2.54 bits per heavy atom. The van der Waals surface area contributed by atoms with E-state index in [9.17, 15) is 0 Å². The zero-order chi connectivity index (χ0) is 10.1. The summed E-state index contributed by atoms with van der Waals surface area (Å²) in [5, 5.41) is 3.28. The van der Waals surface area contributed by atoms with Crippen molar-refractivity contribution in [2.24, 2.45) is 16.8 Å². The van der Waals surface area contributed by atoms with E-state index in [2.05, 4.69) is 44.2 Å². The molecule has 1 atom stereocenters. The summed E-state index contributed by atoms with van der Waals surface area (Å²) in [6.07, 6.45) is 4.55. The van der Waals surface area contributed by atoms with Crippen LogP contribution in [0.1, 0.15) is 40.5 Å². The number of hydrogen-bond donors (Lipinski definition) is 1. The van der Waals surface area contributed by atoms with E-state index < -0.39 is 0 Å². The third-order valence-corrected chi connectivity index (χ3v) is 1.86. The van der Waals surface area contributed by atoms with Crippen LogP contribution >= 0.6 is 0 Å². The highest BCUT2D eigenvalue weighted by Gasteiger charge is 1.94. The van der Waals surface area contributed by atoms with Gasteiger partial charge in [-0.05, 0) is 24.8 Å². The molecule has 2 heteroatoms. The summed E-state index contributed by atoms with van der Waals surface area (Å²) >= 11 is 0. The van der Waals surface area contributed by atoms with Crippen molar-refractivity contribution in [1.82, 2.24) is 5.32 Å². The van der Waals surface area contributed by atoms with Crippen molar-refractivity contribution in [3.8, 4) is 0 Å². The Morgan fingerprint density at radius 1 is 1.31 bits per heavy atom. The van der Waals surface area contributed by atoms with Gasteiger partial charge in [0, 0.05) is 6.21 Å². The first-order valence-electron chi connectivity index (χ1n) is 5.37. The van der Waals surface area contributed by atoms with Crippen LogP contribution in [0.15, 0.2) is 4.99 Å². The van der Waals surface area contributed by atoms with Crippen molar-refractivity contribution in [3.63, 3.8) is 0 Å². The number of nitrogens with zero attached hydrogens (tertiary/aromatic N) is 1. The minimum absolute atomic E-state index is 0.630. The lowest BCUT2D eigenvalue weighted by atomic mass is 10.1. The van der Waals surface area contributed by atoms with Crippen molar-refractivity contribution < 1.29 is 0 Å². The second-order valence-electron chi connectivity index (χ2n) is 4.10. The van der Waals surface area contributed by atoms with E-state index in [-0.39, 0.29) is 0 Å². The van der Waals surface area contributed by atoms with E-state index in [0.717, 1.165) is 13.2 Å². The minimum atomic E-state index is 0.630. The van der Waals surface area contributed by atoms with E-state index in [1.807, 2.05) is 0 Å². The molecule has 13 heavy (non-hydrogen) atoms. The molecule has 0 saturated heterocycles. The highest BCUT2D eigenvalue weighted by atomic mass is 15.0. The molecule has 0 aromatic carbocycles. The van der Waals surface area contributed by atoms with Crippen LogP contribution in [0.3, 0.4) is 0 Å². The molecule has 0 amide bonds. The molecule has 0 aromatic heterocycles. The molecule has 0 fully saturated rings. The summed E-state index contributed by atoms with van der Waals surface area (Å²) in [4.78, 5) is 4.33. The van der Waals surface area contributed by atoms with Gasteiger partial charge in [-0.25, -0.2) is 0 Å². The van der Waals surface area contributed by atoms with Gasteiger partial charge in [-0.1, -0.05) is 34.1 Å². The van der Waals surface area contributed by atoms with Crippen LogP contribution in [0.25, 0.3) is 0 Å². The molecule has 1 N–H and O–H groups in total. The maximum absolute atomic E-state index is 4.33. The molecule has 1 unspecified atom stereocenters. The van der Waals surface area contributed by atoms with E-state index in [0.29, 0.717) is 11.8 Å². The van der Waals surface area contributed by atoms with E-state index in [1.165, 1.54) is 12.8 Å². The molecule has 0 rings (SSSR count). The largest absolute Gasteiger partial charge is 0.298 e. The molecule has 0 aliphatic heterocycles. The molecule has 0 aromatic rings. The van der Waals surface area contributed by atoms with Crippen molar-refractivity contribution in [1.29, 1.82) is 0 Å². The van der Waals surface area contributed by atoms with E-state index in [4.69, 9.17) is 0 Å². The zero-order valence-corrected chi connectivity index (χ0v) is 9.51. The van der Waals surface area contributed by atoms with Gasteiger partial charge in [0.25, 0.3) is 0 Å². The second-order valence-corrected chi connectivity index (χ2v) is 4.10. The summed E-state index contributed by atoms with van der Waals surface area (Å²) in [6, 6.07) is 0. The fourth-order valence-corrected chi connectivity index (χ4v) is 1.18. The van der Waals surface area contributed by atoms with Gasteiger partial charge in [-0.15, -0.1) is 0 Å². The van der Waals surface area contributed by atoms with Crippen molar-refractivity contribution >= 4 is 6.21 Å². The summed E-state index contributed by atoms with van der Waals surface area (Å²) in [5.74, 6) is 1.34. The van der Waals surface area contributed by atoms with Gasteiger partial charge >= 0.3 is 0 Å². The lowest BCUT2D eigenvalue weighted by Crippen LogP contribution is -2.19. The Kier molecular flexibility index (Phi) is 8.00. The minimum Gasteiger partial charge on any atom is -0.298 e. The standard InChI is InChI=1S/C11H24N2/c1-5-6-11(4)8-13-9-12-7-10(2)3/h8,10-12H,5-7,9H2,1-4H3. The highest BCUT2D eigenvalue weighted by molar-refractivity contribution is 5.59. The Labute approximate surface area is 82.8 Å². The average Bonchev–Trinajstić information content (AvgIpc) is 2.03. The first-order chi connectivity index (χ1) is 6.16. The molecule has 0 radical (unpaired) electrons. The topological polar surface area (TPSA) is 24.4 Å². The molecule has 0 aliphatic rings. The fourth-order valence-electron chi connectivity index (χ4n) is 1.18. The average molecular weight is 184 g/mol. The lowest BCUT2D eigenvalue weighted by Gasteiger charge is -2.05. The Balaban J connectivity index is 3.30. The molecule has 0 saturated carbocycles. The van der Waals surface area contributed by atoms with Crippen LogP contribution < -0.4 is 5.32 Å². The van der Waals surface area contributed by atoms with Crippen LogP contribution in [0, 0.1) is 11.8 Å². The number of nitrogens with one attached hydrogen (secondary N) is 1. The van der Waals surface area contributed by atoms with Gasteiger partial charge in [0.15, 0.2) is 0 Å². The molecule has 0 heterocycles. The van der Waals surface area contributed by atoms with Crippen LogP contribution in [0.5, 0.6) is 0 Å². The maximum Gasteiger partial charge on any atom is 0.0880 e. The smallest absolute Gasteiger partial charge is 0.0880 e. The number of hydrogen-bond acceptors (Lipinski definition) is 2. The highest BCUT2D eigenvalue weighted by Crippen LogP contribution is 2.00. The van der Waals surface area contributed by atoms with Crippen LogP contribution in [0.4, 0.5) is 0 Å². The molecule has 0 bridgehead atoms. The Bertz CT molecular complexity index is 130. The Hall–Kier alpha value is -0.370. The van der Waals surface area contributed by atoms with Crippen molar-refractivity contribution in [2.45, 2.75) is 40.5 Å². The van der Waals surface area contributed by atoms with Crippen LogP contribution in [0.2, 0.25) is 0 Å². The summed E-state index contributed by atoms with van der Waals surface area (Å²) in [6.45, 7) is 10.7. The Morgan fingerprint density at radius 2 is 2.00 bits per heavy atom. The molecular formula is C11H24N2.